The van der Waals surface area contributed by atoms with Gasteiger partial charge in [0, 0.05) is 55.7 Å². The molecule has 0 aliphatic carbocycles. The molecule has 0 N–H and O–H groups in total. The number of pyridine rings is 2. The highest BCUT2D eigenvalue weighted by molar-refractivity contribution is 9.09. The summed E-state index contributed by atoms with van der Waals surface area (Å²) in [4.78, 5) is 35.9. The van der Waals surface area contributed by atoms with Crippen molar-refractivity contribution in [2.24, 2.45) is 0 Å². The van der Waals surface area contributed by atoms with Crippen molar-refractivity contribution in [3.05, 3.63) is 163 Å². The molecule has 0 radical (unpaired) electrons. The van der Waals surface area contributed by atoms with Crippen LogP contribution in [-0.4, -0.2) is 43.7 Å². The van der Waals surface area contributed by atoms with Gasteiger partial charge < -0.3 is 9.47 Å². The van der Waals surface area contributed by atoms with Gasteiger partial charge in [0.15, 0.2) is 0 Å². The molecule has 0 fully saturated rings. The highest BCUT2D eigenvalue weighted by atomic mass is 79.9. The summed E-state index contributed by atoms with van der Waals surface area (Å²) in [7, 11) is 3.15. The molecule has 0 saturated carbocycles. The molecule has 15 heteroatoms. The second-order valence-electron chi connectivity index (χ2n) is 17.9. The van der Waals surface area contributed by atoms with Crippen molar-refractivity contribution in [1.82, 2.24) is 29.5 Å². The van der Waals surface area contributed by atoms with Crippen LogP contribution in [0.4, 0.5) is 8.78 Å². The lowest BCUT2D eigenvalue weighted by molar-refractivity contribution is 0.397. The zero-order valence-electron chi connectivity index (χ0n) is 38.6. The fraction of sp³-hybridized carbons (Fsp3) is 0.269. The maximum atomic E-state index is 15.2. The van der Waals surface area contributed by atoms with E-state index in [0.717, 1.165) is 55.9 Å². The van der Waals surface area contributed by atoms with Gasteiger partial charge in [-0.1, -0.05) is 114 Å². The van der Waals surface area contributed by atoms with E-state index >= 15 is 8.78 Å². The van der Waals surface area contributed by atoms with Crippen molar-refractivity contribution in [3.63, 3.8) is 0 Å². The number of alkyl halides is 3. The first-order valence-corrected chi connectivity index (χ1v) is 24.6. The molecule has 0 unspecified atom stereocenters. The van der Waals surface area contributed by atoms with E-state index in [1.54, 1.807) is 38.7 Å². The summed E-state index contributed by atoms with van der Waals surface area (Å²) >= 11 is 10.6. The van der Waals surface area contributed by atoms with Crippen molar-refractivity contribution in [3.8, 4) is 45.4 Å². The Hall–Kier alpha value is -5.64. The van der Waals surface area contributed by atoms with E-state index in [2.05, 4.69) is 68.0 Å². The van der Waals surface area contributed by atoms with Crippen LogP contribution < -0.4 is 20.6 Å². The van der Waals surface area contributed by atoms with Crippen LogP contribution >= 0.6 is 47.8 Å². The third-order valence-electron chi connectivity index (χ3n) is 11.6. The van der Waals surface area contributed by atoms with Gasteiger partial charge in [0.05, 0.1) is 54.5 Å². The number of aryl methyl sites for hydroxylation is 1. The zero-order chi connectivity index (χ0) is 48.5. The first kappa shape index (κ1) is 49.3. The van der Waals surface area contributed by atoms with Crippen molar-refractivity contribution in [1.29, 1.82) is 0 Å². The minimum atomic E-state index is -0.541. The minimum absolute atomic E-state index is 0.0289. The second kappa shape index (κ2) is 19.9. The third kappa shape index (κ3) is 9.86. The van der Waals surface area contributed by atoms with Crippen LogP contribution in [0.5, 0.6) is 11.8 Å². The lowest BCUT2D eigenvalue weighted by Gasteiger charge is -2.20. The number of benzene rings is 4. The van der Waals surface area contributed by atoms with Gasteiger partial charge in [0.1, 0.15) is 11.6 Å². The quantitative estimate of drug-likeness (QED) is 0.131. The van der Waals surface area contributed by atoms with E-state index in [1.807, 2.05) is 109 Å². The predicted octanol–water partition coefficient (Wildman–Crippen LogP) is 12.8. The molecule has 8 rings (SSSR count). The minimum Gasteiger partial charge on any atom is -0.481 e. The van der Waals surface area contributed by atoms with Gasteiger partial charge in [-0.2, -0.15) is 19.6 Å². The Morgan fingerprint density at radius 3 is 1.40 bits per heavy atom. The van der Waals surface area contributed by atoms with Gasteiger partial charge in [-0.3, -0.25) is 9.59 Å². The summed E-state index contributed by atoms with van der Waals surface area (Å²) in [5, 5.41) is 11.4. The Balaban J connectivity index is 0.000000199. The van der Waals surface area contributed by atoms with Crippen LogP contribution in [0.1, 0.15) is 75.2 Å². The highest BCUT2D eigenvalue weighted by Crippen LogP contribution is 2.36. The van der Waals surface area contributed by atoms with Crippen LogP contribution in [0.3, 0.4) is 0 Å². The first-order valence-electron chi connectivity index (χ1n) is 21.3. The average molecular weight is 1100 g/mol. The molecule has 346 valence electrons. The summed E-state index contributed by atoms with van der Waals surface area (Å²) in [5.74, 6) is -0.0241. The Morgan fingerprint density at radius 2 is 1.00 bits per heavy atom. The molecule has 8 aromatic rings. The van der Waals surface area contributed by atoms with Gasteiger partial charge in [-0.25, -0.2) is 18.7 Å². The van der Waals surface area contributed by atoms with Gasteiger partial charge in [0.2, 0.25) is 11.8 Å². The molecule has 0 amide bonds. The molecule has 67 heavy (non-hydrogen) atoms. The Kier molecular flexibility index (Phi) is 14.6. The van der Waals surface area contributed by atoms with Crippen LogP contribution in [0, 0.1) is 18.6 Å². The van der Waals surface area contributed by atoms with E-state index in [4.69, 9.17) is 9.47 Å². The zero-order valence-corrected chi connectivity index (χ0v) is 43.3. The number of methoxy groups -OCH3 is 2. The van der Waals surface area contributed by atoms with Crippen molar-refractivity contribution in [2.75, 3.05) is 14.2 Å². The van der Waals surface area contributed by atoms with Crippen LogP contribution in [0.15, 0.2) is 107 Å². The number of aromatic nitrogens is 6. The van der Waals surface area contributed by atoms with E-state index in [-0.39, 0.29) is 21.6 Å². The van der Waals surface area contributed by atoms with Gasteiger partial charge >= 0.3 is 0 Å². The molecule has 0 aliphatic heterocycles. The number of rotatable bonds is 9. The smallest absolute Gasteiger partial charge is 0.282 e. The highest BCUT2D eigenvalue weighted by Gasteiger charge is 2.23. The fourth-order valence-electron chi connectivity index (χ4n) is 7.89. The molecule has 0 atom stereocenters. The van der Waals surface area contributed by atoms with Crippen molar-refractivity contribution < 1.29 is 18.3 Å². The number of halogens is 5. The van der Waals surface area contributed by atoms with Crippen molar-refractivity contribution in [2.45, 2.75) is 75.3 Å². The number of fused-ring (bicyclic) bond motifs is 2. The topological polar surface area (TPSA) is 114 Å². The molecular weight excluding hydrogens is 1050 g/mol. The number of nitrogens with zero attached hydrogens (tertiary/aromatic N) is 6. The van der Waals surface area contributed by atoms with E-state index < -0.39 is 22.8 Å². The molecular formula is C52H49Br3F2N6O4. The molecule has 4 heterocycles. The average Bonchev–Trinajstić information content (AvgIpc) is 3.30. The fourth-order valence-corrected chi connectivity index (χ4v) is 9.49. The largest absolute Gasteiger partial charge is 0.481 e. The Bertz CT molecular complexity index is 3310. The molecule has 4 aromatic heterocycles. The predicted molar refractivity (Wildman–Crippen MR) is 274 cm³/mol. The third-order valence-corrected chi connectivity index (χ3v) is 13.2. The molecule has 0 spiro atoms. The summed E-state index contributed by atoms with van der Waals surface area (Å²) in [6, 6.07) is 25.3. The SMILES string of the molecule is COc1ccc(-c2cccc(-n3ncc4cc(C(C)(C)C)cc(F)c4c3=O)c2CBr)c(C)n1.COc1ccc(-c2cccc(-n3ncc4cc(C(C)(C)C)cc(F)c4c3=O)c2CBr)c(CBr)n1. The Morgan fingerprint density at radius 1 is 0.567 bits per heavy atom. The Labute approximate surface area is 412 Å². The van der Waals surface area contributed by atoms with Crippen molar-refractivity contribution >= 4 is 69.3 Å². The first-order chi connectivity index (χ1) is 31.8. The summed E-state index contributed by atoms with van der Waals surface area (Å²) in [5.41, 5.74) is 8.26. The van der Waals surface area contributed by atoms with Crippen LogP contribution in [0.25, 0.3) is 55.2 Å². The lowest BCUT2D eigenvalue weighted by atomic mass is 9.86. The van der Waals surface area contributed by atoms with Crippen LogP contribution in [-0.2, 0) is 26.8 Å². The summed E-state index contributed by atoms with van der Waals surface area (Å²) in [6.45, 7) is 13.9. The maximum absolute atomic E-state index is 15.2. The van der Waals surface area contributed by atoms with E-state index in [9.17, 15) is 9.59 Å². The standard InChI is InChI=1S/C26H24Br2FN3O2.C26H25BrFN3O2/c1-26(2,3)16-10-15-14-30-32(25(33)24(15)20(29)11-16)22-7-5-6-17(19(22)12-27)18-8-9-23(34-4)31-21(18)13-28;1-15-18(9-10-23(30-15)33-5)19-7-6-8-22(20(19)13-27)31-25(32)24-16(14-29-31)11-17(12-21(24)28)26(2,3)4/h5-11,14H,12-13H2,1-4H3;6-12,14H,13H2,1-5H3. The van der Waals surface area contributed by atoms with E-state index in [1.165, 1.54) is 21.5 Å². The van der Waals surface area contributed by atoms with E-state index in [0.29, 0.717) is 49.9 Å². The summed E-state index contributed by atoms with van der Waals surface area (Å²) in [6.07, 6.45) is 3.11. The summed E-state index contributed by atoms with van der Waals surface area (Å²) < 4.78 is 43.3. The van der Waals surface area contributed by atoms with Gasteiger partial charge in [-0.05, 0) is 99.7 Å². The second-order valence-corrected chi connectivity index (χ2v) is 19.6. The molecule has 0 bridgehead atoms. The number of hydrogen-bond donors (Lipinski definition) is 0. The number of hydrogen-bond acceptors (Lipinski definition) is 8. The molecule has 0 saturated heterocycles. The van der Waals surface area contributed by atoms with Gasteiger partial charge in [-0.15, -0.1) is 0 Å². The lowest BCUT2D eigenvalue weighted by Crippen LogP contribution is -2.23. The molecule has 0 aliphatic rings. The van der Waals surface area contributed by atoms with Gasteiger partial charge in [0.25, 0.3) is 11.1 Å². The monoisotopic (exact) mass is 1100 g/mol. The van der Waals surface area contributed by atoms with Crippen LogP contribution in [0.2, 0.25) is 0 Å². The number of ether oxygens (including phenoxy) is 2. The molecule has 4 aromatic carbocycles. The normalized spacial score (nSPS) is 11.7. The maximum Gasteiger partial charge on any atom is 0.282 e. The molecule has 10 nitrogen and oxygen atoms in total.